The fourth-order valence-electron chi connectivity index (χ4n) is 4.20. The van der Waals surface area contributed by atoms with Crippen LogP contribution in [0.25, 0.3) is 33.1 Å². The van der Waals surface area contributed by atoms with E-state index >= 15 is 0 Å². The lowest BCUT2D eigenvalue weighted by molar-refractivity contribution is 0.518. The molecule has 0 saturated heterocycles. The van der Waals surface area contributed by atoms with Gasteiger partial charge in [0.2, 0.25) is 0 Å². The average Bonchev–Trinajstić information content (AvgIpc) is 3.25. The molecule has 186 valence electrons. The van der Waals surface area contributed by atoms with Crippen LogP contribution in [0.2, 0.25) is 5.15 Å². The highest BCUT2D eigenvalue weighted by atomic mass is 35.5. The molecule has 0 aliphatic rings. The molecule has 0 amide bonds. The van der Waals surface area contributed by atoms with Crippen molar-refractivity contribution in [1.29, 1.82) is 0 Å². The van der Waals surface area contributed by atoms with Gasteiger partial charge in [-0.1, -0.05) is 100.0 Å². The zero-order chi connectivity index (χ0) is 25.9. The second kappa shape index (κ2) is 10.8. The molecule has 0 radical (unpaired) electrons. The van der Waals surface area contributed by atoms with E-state index in [-0.39, 0.29) is 15.7 Å². The van der Waals surface area contributed by atoms with Crippen LogP contribution < -0.4 is 5.32 Å². The van der Waals surface area contributed by atoms with Gasteiger partial charge >= 0.3 is 0 Å². The Hall–Kier alpha value is -3.26. The van der Waals surface area contributed by atoms with Crippen molar-refractivity contribution in [3.63, 3.8) is 0 Å². The van der Waals surface area contributed by atoms with E-state index < -0.39 is 10.0 Å². The van der Waals surface area contributed by atoms with Crippen molar-refractivity contribution in [2.75, 3.05) is 0 Å². The Labute approximate surface area is 217 Å². The first-order chi connectivity index (χ1) is 17.2. The molecule has 2 aromatic heterocycles. The fourth-order valence-corrected chi connectivity index (χ4v) is 5.88. The second-order valence-electron chi connectivity index (χ2n) is 9.02. The third kappa shape index (κ3) is 5.28. The maximum atomic E-state index is 13.6. The van der Waals surface area contributed by atoms with Crippen molar-refractivity contribution in [1.82, 2.24) is 19.3 Å². The maximum Gasteiger partial charge on any atom is 0.269 e. The molecule has 0 bridgehead atoms. The van der Waals surface area contributed by atoms with E-state index in [4.69, 9.17) is 11.6 Å². The summed E-state index contributed by atoms with van der Waals surface area (Å²) in [5.74, 6) is 0. The summed E-state index contributed by atoms with van der Waals surface area (Å²) in [7, 11) is -3.92. The first-order valence-electron chi connectivity index (χ1n) is 11.8. The Morgan fingerprint density at radius 3 is 2.11 bits per heavy atom. The van der Waals surface area contributed by atoms with Crippen molar-refractivity contribution in [3.8, 4) is 11.3 Å². The van der Waals surface area contributed by atoms with Gasteiger partial charge in [0, 0.05) is 17.6 Å². The van der Waals surface area contributed by atoms with E-state index in [2.05, 4.69) is 43.0 Å². The molecule has 36 heavy (non-hydrogen) atoms. The number of benzene rings is 3. The highest BCUT2D eigenvalue weighted by Gasteiger charge is 2.26. The topological polar surface area (TPSA) is 76.9 Å². The van der Waals surface area contributed by atoms with E-state index in [0.29, 0.717) is 23.2 Å². The number of rotatable bonds is 5. The Balaban J connectivity index is 0.000000384. The summed E-state index contributed by atoms with van der Waals surface area (Å²) in [4.78, 5) is 8.44. The van der Waals surface area contributed by atoms with E-state index in [1.54, 1.807) is 36.4 Å². The Morgan fingerprint density at radius 1 is 0.806 bits per heavy atom. The number of hydrogen-bond acceptors (Lipinski definition) is 5. The Morgan fingerprint density at radius 2 is 1.44 bits per heavy atom. The van der Waals surface area contributed by atoms with Gasteiger partial charge in [-0.2, -0.15) is 0 Å². The number of nitrogens with zero attached hydrogens (tertiary/aromatic N) is 3. The Kier molecular flexibility index (Phi) is 7.73. The molecule has 3 aromatic carbocycles. The first kappa shape index (κ1) is 25.8. The summed E-state index contributed by atoms with van der Waals surface area (Å²) in [6.45, 7) is 8.61. The number of halogens is 1. The van der Waals surface area contributed by atoms with Gasteiger partial charge in [-0.25, -0.2) is 22.4 Å². The van der Waals surface area contributed by atoms with Gasteiger partial charge in [-0.05, 0) is 29.0 Å². The minimum absolute atomic E-state index is 0.175. The lowest BCUT2D eigenvalue weighted by Gasteiger charge is -2.13. The van der Waals surface area contributed by atoms with Gasteiger partial charge in [0.25, 0.3) is 10.0 Å². The summed E-state index contributed by atoms with van der Waals surface area (Å²) in [6, 6.07) is 24.9. The quantitative estimate of drug-likeness (QED) is 0.266. The number of aromatic nitrogens is 3. The van der Waals surface area contributed by atoms with Crippen LogP contribution in [0.15, 0.2) is 90.1 Å². The predicted octanol–water partition coefficient (Wildman–Crippen LogP) is 6.53. The zero-order valence-electron chi connectivity index (χ0n) is 20.7. The second-order valence-corrected chi connectivity index (χ2v) is 11.2. The minimum Gasteiger partial charge on any atom is -0.312 e. The molecule has 0 aliphatic heterocycles. The van der Waals surface area contributed by atoms with Crippen molar-refractivity contribution in [2.24, 2.45) is 0 Å². The molecular weight excluding hydrogens is 492 g/mol. The van der Waals surface area contributed by atoms with E-state index in [0.717, 1.165) is 16.3 Å². The highest BCUT2D eigenvalue weighted by molar-refractivity contribution is 7.90. The van der Waals surface area contributed by atoms with Crippen LogP contribution in [0.3, 0.4) is 0 Å². The predicted molar refractivity (Wildman–Crippen MR) is 148 cm³/mol. The monoisotopic (exact) mass is 520 g/mol. The summed E-state index contributed by atoms with van der Waals surface area (Å²) < 4.78 is 28.5. The van der Waals surface area contributed by atoms with E-state index in [9.17, 15) is 8.42 Å². The molecule has 6 nitrogen and oxygen atoms in total. The third-order valence-electron chi connectivity index (χ3n) is 5.52. The van der Waals surface area contributed by atoms with Crippen LogP contribution >= 0.6 is 11.6 Å². The van der Waals surface area contributed by atoms with Crippen LogP contribution in [-0.2, 0) is 10.0 Å². The third-order valence-corrected chi connectivity index (χ3v) is 7.54. The Bertz CT molecular complexity index is 1590. The van der Waals surface area contributed by atoms with E-state index in [1.807, 2.05) is 42.5 Å². The van der Waals surface area contributed by atoms with E-state index in [1.165, 1.54) is 10.3 Å². The lowest BCUT2D eigenvalue weighted by Crippen LogP contribution is -2.29. The minimum atomic E-state index is -3.92. The fraction of sp³-hybridized carbons (Fsp3) is 0.214. The normalized spacial score (nSPS) is 11.8. The molecule has 5 aromatic rings. The summed E-state index contributed by atoms with van der Waals surface area (Å²) in [5.41, 5.74) is 1.51. The van der Waals surface area contributed by atoms with Gasteiger partial charge in [0.1, 0.15) is 11.5 Å². The van der Waals surface area contributed by atoms with Gasteiger partial charge in [0.05, 0.1) is 16.0 Å². The first-order valence-corrected chi connectivity index (χ1v) is 13.6. The lowest BCUT2D eigenvalue weighted by atomic mass is 10.0. The molecule has 8 heteroatoms. The van der Waals surface area contributed by atoms with Crippen molar-refractivity contribution in [2.45, 2.75) is 44.7 Å². The van der Waals surface area contributed by atoms with Gasteiger partial charge < -0.3 is 5.32 Å². The summed E-state index contributed by atoms with van der Waals surface area (Å²) >= 11 is 6.28. The number of fused-ring (bicyclic) bond motifs is 2. The molecule has 0 unspecified atom stereocenters. The summed E-state index contributed by atoms with van der Waals surface area (Å²) in [6.07, 6.45) is 1.27. The molecular formula is C28H29ClN4O2S. The standard InChI is InChI=1S/C22H14ClN3O2S.C6H15N/c23-21-19-13-20(18-12-6-8-15-7-4-5-11-17(15)18)26(22(19)25-14-24-21)29(27,28)16-9-2-1-3-10-16;1-5(2)7-6(3)4/h1-14H;5-7H,1-4H3. The molecule has 0 atom stereocenters. The van der Waals surface area contributed by atoms with Crippen LogP contribution in [0.1, 0.15) is 27.7 Å². The molecule has 0 fully saturated rings. The van der Waals surface area contributed by atoms with Crippen molar-refractivity contribution >= 4 is 43.4 Å². The number of nitrogens with one attached hydrogen (secondary N) is 1. The molecule has 0 spiro atoms. The summed E-state index contributed by atoms with van der Waals surface area (Å²) in [5, 5.41) is 5.94. The largest absolute Gasteiger partial charge is 0.312 e. The van der Waals surface area contributed by atoms with Crippen LogP contribution in [-0.4, -0.2) is 34.4 Å². The van der Waals surface area contributed by atoms with Crippen LogP contribution in [0, 0.1) is 0 Å². The maximum absolute atomic E-state index is 13.6. The van der Waals surface area contributed by atoms with Gasteiger partial charge in [-0.3, -0.25) is 0 Å². The SMILES string of the molecule is CC(C)NC(C)C.O=S(=O)(c1ccccc1)n1c(-c2cccc3ccccc23)cc2c(Cl)ncnc21. The smallest absolute Gasteiger partial charge is 0.269 e. The molecule has 1 N–H and O–H groups in total. The van der Waals surface area contributed by atoms with Gasteiger partial charge in [0.15, 0.2) is 5.65 Å². The average molecular weight is 521 g/mol. The highest BCUT2D eigenvalue weighted by Crippen LogP contribution is 2.36. The molecule has 2 heterocycles. The molecule has 0 saturated carbocycles. The molecule has 5 rings (SSSR count). The molecule has 0 aliphatic carbocycles. The van der Waals surface area contributed by atoms with Crippen LogP contribution in [0.4, 0.5) is 0 Å². The van der Waals surface area contributed by atoms with Crippen LogP contribution in [0.5, 0.6) is 0 Å². The zero-order valence-corrected chi connectivity index (χ0v) is 22.3. The number of hydrogen-bond donors (Lipinski definition) is 1. The van der Waals surface area contributed by atoms with Gasteiger partial charge in [-0.15, -0.1) is 0 Å². The van der Waals surface area contributed by atoms with Crippen molar-refractivity contribution < 1.29 is 8.42 Å². The van der Waals surface area contributed by atoms with Crippen molar-refractivity contribution in [3.05, 3.63) is 90.3 Å².